The number of rotatable bonds is 5. The average molecular weight is 300 g/mol. The number of sulfonamides is 1. The van der Waals surface area contributed by atoms with E-state index in [1.807, 2.05) is 0 Å². The smallest absolute Gasteiger partial charge is 0.273 e. The highest BCUT2D eigenvalue weighted by Gasteiger charge is 2.24. The Bertz CT molecular complexity index is 538. The topological polar surface area (TPSA) is 71.3 Å². The Morgan fingerprint density at radius 2 is 2.00 bits per heavy atom. The third kappa shape index (κ3) is 3.62. The maximum absolute atomic E-state index is 11.6. The lowest BCUT2D eigenvalue weighted by atomic mass is 9.79. The maximum atomic E-state index is 11.6. The highest BCUT2D eigenvalue weighted by Crippen LogP contribution is 2.29. The van der Waals surface area contributed by atoms with Gasteiger partial charge in [0.15, 0.2) is 0 Å². The van der Waals surface area contributed by atoms with Gasteiger partial charge in [-0.15, -0.1) is 0 Å². The Morgan fingerprint density at radius 1 is 1.25 bits per heavy atom. The normalized spacial score (nSPS) is 27.6. The van der Waals surface area contributed by atoms with E-state index in [2.05, 4.69) is 23.9 Å². The maximum Gasteiger partial charge on any atom is 0.273 e. The van der Waals surface area contributed by atoms with E-state index in [1.54, 1.807) is 6.07 Å². The first kappa shape index (κ1) is 15.5. The summed E-state index contributed by atoms with van der Waals surface area (Å²) in [6.45, 7) is 5.18. The molecule has 0 bridgehead atoms. The first-order chi connectivity index (χ1) is 9.42. The molecule has 1 saturated carbocycles. The Labute approximate surface area is 121 Å². The molecule has 114 valence electrons. The fourth-order valence-electron chi connectivity index (χ4n) is 2.68. The van der Waals surface area contributed by atoms with Crippen molar-refractivity contribution < 1.29 is 12.8 Å². The molecule has 1 aromatic heterocycles. The Hall–Kier alpha value is -0.850. The van der Waals surface area contributed by atoms with Gasteiger partial charge in [0.2, 0.25) is 5.09 Å². The second-order valence-electron chi connectivity index (χ2n) is 5.77. The van der Waals surface area contributed by atoms with E-state index in [0.29, 0.717) is 18.3 Å². The standard InChI is InChI=1S/C14H24N2O3S/c1-10-4-5-12(8-11(10)2)16-9-13-6-7-14(19-13)20(17,18)15-3/h6-7,10-12,15-16H,4-5,8-9H2,1-3H3. The van der Waals surface area contributed by atoms with Gasteiger partial charge in [-0.3, -0.25) is 0 Å². The predicted molar refractivity (Wildman–Crippen MR) is 77.8 cm³/mol. The minimum atomic E-state index is -3.48. The number of nitrogens with one attached hydrogen (secondary N) is 2. The van der Waals surface area contributed by atoms with Crippen LogP contribution in [0.3, 0.4) is 0 Å². The van der Waals surface area contributed by atoms with Crippen molar-refractivity contribution in [2.24, 2.45) is 11.8 Å². The van der Waals surface area contributed by atoms with Gasteiger partial charge in [-0.05, 0) is 50.3 Å². The summed E-state index contributed by atoms with van der Waals surface area (Å²) in [6, 6.07) is 3.70. The van der Waals surface area contributed by atoms with E-state index >= 15 is 0 Å². The molecular formula is C14H24N2O3S. The first-order valence-electron chi connectivity index (χ1n) is 7.18. The van der Waals surface area contributed by atoms with Gasteiger partial charge in [0.25, 0.3) is 10.0 Å². The van der Waals surface area contributed by atoms with Crippen LogP contribution in [0.2, 0.25) is 0 Å². The number of hydrogen-bond donors (Lipinski definition) is 2. The average Bonchev–Trinajstić information content (AvgIpc) is 2.90. The lowest BCUT2D eigenvalue weighted by Gasteiger charge is -2.32. The van der Waals surface area contributed by atoms with E-state index in [1.165, 1.54) is 32.4 Å². The largest absolute Gasteiger partial charge is 0.447 e. The summed E-state index contributed by atoms with van der Waals surface area (Å²) in [7, 11) is -2.11. The van der Waals surface area contributed by atoms with Gasteiger partial charge in [0.1, 0.15) is 5.76 Å². The molecule has 1 heterocycles. The molecule has 0 aliphatic heterocycles. The molecule has 0 saturated heterocycles. The molecule has 0 radical (unpaired) electrons. The molecular weight excluding hydrogens is 276 g/mol. The molecule has 0 spiro atoms. The minimum Gasteiger partial charge on any atom is -0.447 e. The van der Waals surface area contributed by atoms with Crippen LogP contribution >= 0.6 is 0 Å². The highest BCUT2D eigenvalue weighted by molar-refractivity contribution is 7.89. The zero-order valence-corrected chi connectivity index (χ0v) is 13.2. The number of furan rings is 1. The fourth-order valence-corrected chi connectivity index (χ4v) is 3.34. The van der Waals surface area contributed by atoms with Crippen LogP contribution < -0.4 is 10.0 Å². The van der Waals surface area contributed by atoms with Gasteiger partial charge in [-0.2, -0.15) is 0 Å². The molecule has 5 nitrogen and oxygen atoms in total. The van der Waals surface area contributed by atoms with Crippen molar-refractivity contribution in [3.05, 3.63) is 17.9 Å². The first-order valence-corrected chi connectivity index (χ1v) is 8.66. The summed E-state index contributed by atoms with van der Waals surface area (Å²) in [5.41, 5.74) is 0. The Kier molecular flexibility index (Phi) is 4.88. The molecule has 2 rings (SSSR count). The molecule has 0 amide bonds. The van der Waals surface area contributed by atoms with Crippen LogP contribution in [0, 0.1) is 11.8 Å². The summed E-state index contributed by atoms with van der Waals surface area (Å²) in [5.74, 6) is 2.19. The molecule has 2 N–H and O–H groups in total. The van der Waals surface area contributed by atoms with E-state index in [4.69, 9.17) is 4.42 Å². The summed E-state index contributed by atoms with van der Waals surface area (Å²) in [4.78, 5) is 0. The molecule has 1 aliphatic carbocycles. The molecule has 6 heteroatoms. The summed E-state index contributed by atoms with van der Waals surface area (Å²) < 4.78 is 30.8. The van der Waals surface area contributed by atoms with Crippen LogP contribution in [-0.2, 0) is 16.6 Å². The third-order valence-electron chi connectivity index (χ3n) is 4.33. The fraction of sp³-hybridized carbons (Fsp3) is 0.714. The van der Waals surface area contributed by atoms with Crippen LogP contribution in [-0.4, -0.2) is 21.5 Å². The van der Waals surface area contributed by atoms with Crippen LogP contribution in [0.1, 0.15) is 38.9 Å². The van der Waals surface area contributed by atoms with E-state index < -0.39 is 10.0 Å². The second kappa shape index (κ2) is 6.28. The van der Waals surface area contributed by atoms with Crippen molar-refractivity contribution in [1.29, 1.82) is 0 Å². The van der Waals surface area contributed by atoms with E-state index in [9.17, 15) is 8.42 Å². The SMILES string of the molecule is CNS(=O)(=O)c1ccc(CNC2CCC(C)C(C)C2)o1. The zero-order chi connectivity index (χ0) is 14.8. The van der Waals surface area contributed by atoms with Crippen molar-refractivity contribution >= 4 is 10.0 Å². The van der Waals surface area contributed by atoms with Crippen LogP contribution in [0.4, 0.5) is 0 Å². The van der Waals surface area contributed by atoms with Crippen molar-refractivity contribution in [2.45, 2.75) is 50.8 Å². The van der Waals surface area contributed by atoms with Crippen molar-refractivity contribution in [1.82, 2.24) is 10.0 Å². The quantitative estimate of drug-likeness (QED) is 0.873. The lowest BCUT2D eigenvalue weighted by Crippen LogP contribution is -2.35. The number of hydrogen-bond acceptors (Lipinski definition) is 4. The highest BCUT2D eigenvalue weighted by atomic mass is 32.2. The minimum absolute atomic E-state index is 0.0255. The van der Waals surface area contributed by atoms with Crippen LogP contribution in [0.25, 0.3) is 0 Å². The summed E-state index contributed by atoms with van der Waals surface area (Å²) >= 11 is 0. The van der Waals surface area contributed by atoms with Gasteiger partial charge in [-0.1, -0.05) is 13.8 Å². The molecule has 3 unspecified atom stereocenters. The molecule has 3 atom stereocenters. The lowest BCUT2D eigenvalue weighted by molar-refractivity contribution is 0.222. The van der Waals surface area contributed by atoms with Crippen LogP contribution in [0.15, 0.2) is 21.6 Å². The van der Waals surface area contributed by atoms with Gasteiger partial charge in [-0.25, -0.2) is 13.1 Å². The molecule has 20 heavy (non-hydrogen) atoms. The van der Waals surface area contributed by atoms with Gasteiger partial charge in [0, 0.05) is 6.04 Å². The third-order valence-corrected chi connectivity index (χ3v) is 5.62. The molecule has 1 aliphatic rings. The van der Waals surface area contributed by atoms with Crippen molar-refractivity contribution in [3.63, 3.8) is 0 Å². The van der Waals surface area contributed by atoms with Crippen molar-refractivity contribution in [3.8, 4) is 0 Å². The predicted octanol–water partition coefficient (Wildman–Crippen LogP) is 2.10. The van der Waals surface area contributed by atoms with E-state index in [0.717, 1.165) is 11.8 Å². The summed E-state index contributed by atoms with van der Waals surface area (Å²) in [5, 5.41) is 3.44. The Morgan fingerprint density at radius 3 is 2.65 bits per heavy atom. The van der Waals surface area contributed by atoms with Crippen molar-refractivity contribution in [2.75, 3.05) is 7.05 Å². The van der Waals surface area contributed by atoms with Gasteiger partial charge < -0.3 is 9.73 Å². The monoisotopic (exact) mass is 300 g/mol. The molecule has 1 fully saturated rings. The molecule has 0 aromatic carbocycles. The summed E-state index contributed by atoms with van der Waals surface area (Å²) in [6.07, 6.45) is 3.59. The van der Waals surface area contributed by atoms with Crippen LogP contribution in [0.5, 0.6) is 0 Å². The van der Waals surface area contributed by atoms with Gasteiger partial charge in [0.05, 0.1) is 6.54 Å². The zero-order valence-electron chi connectivity index (χ0n) is 12.3. The van der Waals surface area contributed by atoms with E-state index in [-0.39, 0.29) is 5.09 Å². The second-order valence-corrected chi connectivity index (χ2v) is 7.59. The Balaban J connectivity index is 1.89. The van der Waals surface area contributed by atoms with Gasteiger partial charge >= 0.3 is 0 Å². The molecule has 1 aromatic rings.